The first-order chi connectivity index (χ1) is 13.7. The zero-order chi connectivity index (χ0) is 21.0. The highest BCUT2D eigenvalue weighted by molar-refractivity contribution is 5.91. The van der Waals surface area contributed by atoms with Crippen molar-refractivity contribution in [3.63, 3.8) is 0 Å². The summed E-state index contributed by atoms with van der Waals surface area (Å²) >= 11 is 0. The summed E-state index contributed by atoms with van der Waals surface area (Å²) in [5, 5.41) is 11.0. The van der Waals surface area contributed by atoms with Crippen LogP contribution in [0, 0.1) is 46.3 Å². The molecule has 4 rings (SSSR count). The predicted molar refractivity (Wildman–Crippen MR) is 119 cm³/mol. The van der Waals surface area contributed by atoms with Gasteiger partial charge in [-0.1, -0.05) is 46.8 Å². The van der Waals surface area contributed by atoms with E-state index in [0.29, 0.717) is 29.6 Å². The first-order valence-electron chi connectivity index (χ1n) is 12.3. The third-order valence-electron chi connectivity index (χ3n) is 9.73. The highest BCUT2D eigenvalue weighted by Crippen LogP contribution is 2.67. The largest absolute Gasteiger partial charge is 0.389 e. The van der Waals surface area contributed by atoms with Crippen LogP contribution < -0.4 is 0 Å². The van der Waals surface area contributed by atoms with E-state index in [-0.39, 0.29) is 11.2 Å². The lowest BCUT2D eigenvalue weighted by Gasteiger charge is -2.59. The van der Waals surface area contributed by atoms with Crippen molar-refractivity contribution in [1.29, 1.82) is 0 Å². The van der Waals surface area contributed by atoms with Gasteiger partial charge in [0.15, 0.2) is 5.78 Å². The topological polar surface area (TPSA) is 37.3 Å². The van der Waals surface area contributed by atoms with Crippen LogP contribution in [0.25, 0.3) is 0 Å². The van der Waals surface area contributed by atoms with Gasteiger partial charge in [-0.3, -0.25) is 4.79 Å². The van der Waals surface area contributed by atoms with Crippen molar-refractivity contribution in [3.05, 3.63) is 23.8 Å². The van der Waals surface area contributed by atoms with Crippen LogP contribution in [0.3, 0.4) is 0 Å². The van der Waals surface area contributed by atoms with E-state index >= 15 is 0 Å². The van der Waals surface area contributed by atoms with Gasteiger partial charge in [-0.2, -0.15) is 0 Å². The highest BCUT2D eigenvalue weighted by atomic mass is 16.3. The van der Waals surface area contributed by atoms with E-state index in [4.69, 9.17) is 0 Å². The Bertz CT molecular complexity index is 703. The molecule has 0 aromatic rings. The molecule has 4 aliphatic carbocycles. The van der Waals surface area contributed by atoms with E-state index in [1.165, 1.54) is 32.1 Å². The quantitative estimate of drug-likeness (QED) is 0.561. The Kier molecular flexibility index (Phi) is 5.64. The Morgan fingerprint density at radius 2 is 1.90 bits per heavy atom. The lowest BCUT2D eigenvalue weighted by molar-refractivity contribution is -0.119. The predicted octanol–water partition coefficient (Wildman–Crippen LogP) is 6.34. The van der Waals surface area contributed by atoms with Gasteiger partial charge in [0, 0.05) is 6.42 Å². The number of hydrogen-bond acceptors (Lipinski definition) is 2. The second-order valence-corrected chi connectivity index (χ2v) is 11.8. The number of carbonyl (C=O) groups excluding carboxylic acids is 1. The monoisotopic (exact) mass is 398 g/mol. The van der Waals surface area contributed by atoms with Crippen LogP contribution in [-0.2, 0) is 4.79 Å². The second-order valence-electron chi connectivity index (χ2n) is 11.8. The summed E-state index contributed by atoms with van der Waals surface area (Å²) in [6.07, 6.45) is 15.2. The SMILES string of the molecule is CC(C)C/C=C/[C@H](C)[C@H]1CC[C@H]2[C@@H]3C[C@H](O)C4=CC(=O)CC[C@]4(C)[C@H]3CC[C@]12C. The van der Waals surface area contributed by atoms with Gasteiger partial charge < -0.3 is 5.11 Å². The fourth-order valence-corrected chi connectivity index (χ4v) is 8.21. The normalized spacial score (nSPS) is 45.7. The summed E-state index contributed by atoms with van der Waals surface area (Å²) in [7, 11) is 0. The maximum absolute atomic E-state index is 12.1. The summed E-state index contributed by atoms with van der Waals surface area (Å²) < 4.78 is 0. The molecule has 8 atom stereocenters. The first-order valence-corrected chi connectivity index (χ1v) is 12.3. The molecule has 3 fully saturated rings. The number of carbonyl (C=O) groups is 1. The van der Waals surface area contributed by atoms with Crippen molar-refractivity contribution in [2.45, 2.75) is 92.1 Å². The van der Waals surface area contributed by atoms with Crippen LogP contribution in [-0.4, -0.2) is 17.0 Å². The molecule has 0 bridgehead atoms. The minimum atomic E-state index is -0.407. The lowest BCUT2D eigenvalue weighted by Crippen LogP contribution is -2.54. The summed E-state index contributed by atoms with van der Waals surface area (Å²) in [6, 6.07) is 0. The molecule has 0 aliphatic heterocycles. The smallest absolute Gasteiger partial charge is 0.155 e. The van der Waals surface area contributed by atoms with Gasteiger partial charge in [0.25, 0.3) is 0 Å². The Hall–Kier alpha value is -0.890. The van der Waals surface area contributed by atoms with Gasteiger partial charge in [0.1, 0.15) is 0 Å². The zero-order valence-electron chi connectivity index (χ0n) is 19.3. The molecule has 4 aliphatic rings. The number of aliphatic hydroxyl groups excluding tert-OH is 1. The Labute approximate surface area is 178 Å². The first kappa shape index (κ1) is 21.3. The number of hydrogen-bond donors (Lipinski definition) is 1. The van der Waals surface area contributed by atoms with Crippen LogP contribution in [0.4, 0.5) is 0 Å². The summed E-state index contributed by atoms with van der Waals surface area (Å²) in [5.74, 6) is 4.37. The molecule has 0 heterocycles. The molecule has 2 nitrogen and oxygen atoms in total. The van der Waals surface area contributed by atoms with Gasteiger partial charge >= 0.3 is 0 Å². The van der Waals surface area contributed by atoms with E-state index in [1.807, 2.05) is 6.08 Å². The second kappa shape index (κ2) is 7.66. The van der Waals surface area contributed by atoms with Crippen molar-refractivity contribution in [2.75, 3.05) is 0 Å². The van der Waals surface area contributed by atoms with Crippen LogP contribution in [0.1, 0.15) is 86.0 Å². The van der Waals surface area contributed by atoms with Gasteiger partial charge in [0.05, 0.1) is 6.10 Å². The van der Waals surface area contributed by atoms with E-state index in [2.05, 4.69) is 46.8 Å². The number of rotatable bonds is 4. The van der Waals surface area contributed by atoms with Gasteiger partial charge in [-0.25, -0.2) is 0 Å². The molecule has 0 radical (unpaired) electrons. The Balaban J connectivity index is 1.57. The summed E-state index contributed by atoms with van der Waals surface area (Å²) in [6.45, 7) is 12.0. The molecule has 2 heteroatoms. The van der Waals surface area contributed by atoms with Gasteiger partial charge in [-0.05, 0) is 103 Å². The van der Waals surface area contributed by atoms with Crippen LogP contribution >= 0.6 is 0 Å². The number of allylic oxidation sites excluding steroid dienone is 2. The molecular formula is C27H42O2. The Morgan fingerprint density at radius 1 is 1.14 bits per heavy atom. The maximum atomic E-state index is 12.1. The molecule has 0 unspecified atom stereocenters. The summed E-state index contributed by atoms with van der Waals surface area (Å²) in [5.41, 5.74) is 1.52. The van der Waals surface area contributed by atoms with Crippen molar-refractivity contribution in [2.24, 2.45) is 46.3 Å². The van der Waals surface area contributed by atoms with E-state index in [1.54, 1.807) is 0 Å². The molecule has 0 spiro atoms. The average Bonchev–Trinajstić information content (AvgIpc) is 3.00. The fraction of sp³-hybridized carbons (Fsp3) is 0.815. The van der Waals surface area contributed by atoms with Crippen molar-refractivity contribution in [3.8, 4) is 0 Å². The zero-order valence-corrected chi connectivity index (χ0v) is 19.3. The van der Waals surface area contributed by atoms with E-state index in [0.717, 1.165) is 36.2 Å². The molecule has 162 valence electrons. The molecule has 0 amide bonds. The minimum Gasteiger partial charge on any atom is -0.389 e. The molecule has 0 saturated heterocycles. The molecule has 0 aromatic heterocycles. The molecule has 1 N–H and O–H groups in total. The molecular weight excluding hydrogens is 356 g/mol. The third kappa shape index (κ3) is 3.48. The number of ketones is 1. The molecule has 29 heavy (non-hydrogen) atoms. The van der Waals surface area contributed by atoms with Gasteiger partial charge in [-0.15, -0.1) is 0 Å². The van der Waals surface area contributed by atoms with Crippen molar-refractivity contribution < 1.29 is 9.90 Å². The lowest BCUT2D eigenvalue weighted by atomic mass is 9.46. The van der Waals surface area contributed by atoms with E-state index in [9.17, 15) is 9.90 Å². The van der Waals surface area contributed by atoms with Crippen LogP contribution in [0.2, 0.25) is 0 Å². The average molecular weight is 399 g/mol. The standard InChI is InChI=1S/C27H42O2/c1-17(2)7-6-8-18(3)21-9-10-22-20-16-25(29)24-15-19(28)11-13-27(24,5)23(20)12-14-26(21,22)4/h6,8,15,17-18,20-23,25,29H,7,9-14,16H2,1-5H3/b8-6+/t18-,20-,21+,22-,23-,25-,26+,27+/m0/s1. The van der Waals surface area contributed by atoms with Crippen LogP contribution in [0.5, 0.6) is 0 Å². The van der Waals surface area contributed by atoms with Crippen molar-refractivity contribution in [1.82, 2.24) is 0 Å². The third-order valence-corrected chi connectivity index (χ3v) is 9.73. The van der Waals surface area contributed by atoms with Gasteiger partial charge in [0.2, 0.25) is 0 Å². The summed E-state index contributed by atoms with van der Waals surface area (Å²) in [4.78, 5) is 12.1. The fourth-order valence-electron chi connectivity index (χ4n) is 8.21. The maximum Gasteiger partial charge on any atom is 0.155 e. The molecule has 3 saturated carbocycles. The van der Waals surface area contributed by atoms with Crippen molar-refractivity contribution >= 4 is 5.78 Å². The molecule has 0 aromatic carbocycles. The van der Waals surface area contributed by atoms with E-state index < -0.39 is 6.10 Å². The number of fused-ring (bicyclic) bond motifs is 5. The number of aliphatic hydroxyl groups is 1. The minimum absolute atomic E-state index is 0.0401. The highest BCUT2D eigenvalue weighted by Gasteiger charge is 2.60. The Morgan fingerprint density at radius 3 is 2.62 bits per heavy atom. The van der Waals surface area contributed by atoms with Crippen LogP contribution in [0.15, 0.2) is 23.8 Å².